The molecule has 1 N–H and O–H groups in total. The normalized spacial score (nSPS) is 22.2. The minimum Gasteiger partial charge on any atom is -0.381 e. The highest BCUT2D eigenvalue weighted by Crippen LogP contribution is 2.20. The average Bonchev–Trinajstić information content (AvgIpc) is 2.72. The zero-order chi connectivity index (χ0) is 18.4. The number of likely N-dealkylation sites (N-methyl/N-ethyl adjacent to an activating group) is 1. The number of ether oxygens (including phenoxy) is 1. The van der Waals surface area contributed by atoms with Gasteiger partial charge in [-0.25, -0.2) is 0 Å². The first-order valence-corrected chi connectivity index (χ1v) is 9.55. The maximum atomic E-state index is 12.8. The molecule has 1 aromatic rings. The Bertz CT molecular complexity index is 602. The monoisotopic (exact) mass is 359 g/mol. The second-order valence-electron chi connectivity index (χ2n) is 7.07. The van der Waals surface area contributed by atoms with E-state index in [1.807, 2.05) is 23.1 Å². The van der Waals surface area contributed by atoms with Crippen molar-refractivity contribution in [2.45, 2.75) is 25.3 Å². The molecule has 2 heterocycles. The van der Waals surface area contributed by atoms with Crippen LogP contribution in [0.1, 0.15) is 18.4 Å². The van der Waals surface area contributed by atoms with Crippen LogP contribution in [-0.4, -0.2) is 74.1 Å². The van der Waals surface area contributed by atoms with Crippen LogP contribution < -0.4 is 5.32 Å². The average molecular weight is 359 g/mol. The number of benzene rings is 1. The third-order valence-corrected chi connectivity index (χ3v) is 5.45. The van der Waals surface area contributed by atoms with E-state index in [1.54, 1.807) is 7.05 Å². The van der Waals surface area contributed by atoms with Gasteiger partial charge in [-0.2, -0.15) is 0 Å². The number of carbonyl (C=O) groups excluding carboxylic acids is 2. The van der Waals surface area contributed by atoms with Crippen molar-refractivity contribution >= 4 is 11.8 Å². The van der Waals surface area contributed by atoms with Crippen molar-refractivity contribution in [1.82, 2.24) is 15.1 Å². The fourth-order valence-corrected chi connectivity index (χ4v) is 3.82. The SMILES string of the molecule is CNC(=O)[C@@H]1CN(C(=O)C2CCOCC2)CCN1CCc1ccccc1. The molecule has 2 fully saturated rings. The van der Waals surface area contributed by atoms with Crippen molar-refractivity contribution in [1.29, 1.82) is 0 Å². The van der Waals surface area contributed by atoms with Gasteiger partial charge in [-0.05, 0) is 24.8 Å². The van der Waals surface area contributed by atoms with E-state index in [0.717, 1.165) is 32.4 Å². The molecule has 0 unspecified atom stereocenters. The molecule has 3 rings (SSSR count). The van der Waals surface area contributed by atoms with Crippen LogP contribution in [0.5, 0.6) is 0 Å². The minimum atomic E-state index is -0.277. The van der Waals surface area contributed by atoms with Crippen molar-refractivity contribution in [2.75, 3.05) is 46.4 Å². The fraction of sp³-hybridized carbons (Fsp3) is 0.600. The van der Waals surface area contributed by atoms with Crippen molar-refractivity contribution in [3.63, 3.8) is 0 Å². The largest absolute Gasteiger partial charge is 0.381 e. The van der Waals surface area contributed by atoms with Gasteiger partial charge in [0.05, 0.1) is 0 Å². The molecular formula is C20H29N3O3. The van der Waals surface area contributed by atoms with Crippen LogP contribution in [-0.2, 0) is 20.7 Å². The molecule has 142 valence electrons. The number of rotatable bonds is 5. The van der Waals surface area contributed by atoms with Crippen LogP contribution >= 0.6 is 0 Å². The van der Waals surface area contributed by atoms with Crippen LogP contribution in [0.4, 0.5) is 0 Å². The highest BCUT2D eigenvalue weighted by Gasteiger charge is 2.36. The van der Waals surface area contributed by atoms with Crippen LogP contribution in [0.15, 0.2) is 30.3 Å². The lowest BCUT2D eigenvalue weighted by Gasteiger charge is -2.41. The Morgan fingerprint density at radius 1 is 1.15 bits per heavy atom. The molecule has 6 heteroatoms. The van der Waals surface area contributed by atoms with E-state index in [-0.39, 0.29) is 23.8 Å². The highest BCUT2D eigenvalue weighted by molar-refractivity contribution is 5.84. The number of piperazine rings is 1. The second-order valence-corrected chi connectivity index (χ2v) is 7.07. The Morgan fingerprint density at radius 2 is 1.88 bits per heavy atom. The van der Waals surface area contributed by atoms with Crippen LogP contribution in [0.3, 0.4) is 0 Å². The van der Waals surface area contributed by atoms with Gasteiger partial charge >= 0.3 is 0 Å². The lowest BCUT2D eigenvalue weighted by molar-refractivity contribution is -0.143. The van der Waals surface area contributed by atoms with E-state index in [1.165, 1.54) is 5.56 Å². The molecular weight excluding hydrogens is 330 g/mol. The molecule has 0 aliphatic carbocycles. The van der Waals surface area contributed by atoms with Gasteiger partial charge in [-0.15, -0.1) is 0 Å². The van der Waals surface area contributed by atoms with Gasteiger partial charge in [0.15, 0.2) is 0 Å². The summed E-state index contributed by atoms with van der Waals surface area (Å²) in [6.45, 7) is 4.04. The summed E-state index contributed by atoms with van der Waals surface area (Å²) in [6, 6.07) is 10.0. The first-order valence-electron chi connectivity index (χ1n) is 9.55. The topological polar surface area (TPSA) is 61.9 Å². The summed E-state index contributed by atoms with van der Waals surface area (Å²) in [4.78, 5) is 29.3. The summed E-state index contributed by atoms with van der Waals surface area (Å²) in [5, 5.41) is 2.76. The van der Waals surface area contributed by atoms with Gasteiger partial charge in [-0.3, -0.25) is 14.5 Å². The fourth-order valence-electron chi connectivity index (χ4n) is 3.82. The lowest BCUT2D eigenvalue weighted by Crippen LogP contribution is -2.60. The molecule has 1 atom stereocenters. The van der Waals surface area contributed by atoms with Gasteiger partial charge < -0.3 is 15.0 Å². The zero-order valence-electron chi connectivity index (χ0n) is 15.5. The van der Waals surface area contributed by atoms with Gasteiger partial charge in [0.2, 0.25) is 11.8 Å². The maximum Gasteiger partial charge on any atom is 0.238 e. The van der Waals surface area contributed by atoms with Crippen LogP contribution in [0, 0.1) is 5.92 Å². The molecule has 0 radical (unpaired) electrons. The highest BCUT2D eigenvalue weighted by atomic mass is 16.5. The summed E-state index contributed by atoms with van der Waals surface area (Å²) >= 11 is 0. The second kappa shape index (κ2) is 9.14. The predicted molar refractivity (Wildman–Crippen MR) is 99.7 cm³/mol. The lowest BCUT2D eigenvalue weighted by atomic mass is 9.97. The van der Waals surface area contributed by atoms with Crippen molar-refractivity contribution in [3.8, 4) is 0 Å². The molecule has 1 aromatic carbocycles. The van der Waals surface area contributed by atoms with Crippen molar-refractivity contribution in [2.24, 2.45) is 5.92 Å². The molecule has 0 saturated carbocycles. The number of hydrogen-bond acceptors (Lipinski definition) is 4. The number of amides is 2. The zero-order valence-corrected chi connectivity index (χ0v) is 15.5. The Morgan fingerprint density at radius 3 is 2.58 bits per heavy atom. The Kier molecular flexibility index (Phi) is 6.63. The van der Waals surface area contributed by atoms with Crippen molar-refractivity contribution in [3.05, 3.63) is 35.9 Å². The third kappa shape index (κ3) is 4.62. The summed E-state index contributed by atoms with van der Waals surface area (Å²) in [5.41, 5.74) is 1.27. The summed E-state index contributed by atoms with van der Waals surface area (Å²) in [7, 11) is 1.66. The molecule has 6 nitrogen and oxygen atoms in total. The maximum absolute atomic E-state index is 12.8. The molecule has 0 aromatic heterocycles. The summed E-state index contributed by atoms with van der Waals surface area (Å²) < 4.78 is 5.36. The molecule has 2 aliphatic rings. The Labute approximate surface area is 155 Å². The summed E-state index contributed by atoms with van der Waals surface area (Å²) in [5.74, 6) is 0.220. The van der Waals surface area contributed by atoms with Crippen molar-refractivity contribution < 1.29 is 14.3 Å². The molecule has 2 amide bonds. The van der Waals surface area contributed by atoms with E-state index >= 15 is 0 Å². The van der Waals surface area contributed by atoms with Gasteiger partial charge in [-0.1, -0.05) is 30.3 Å². The van der Waals surface area contributed by atoms with Gasteiger partial charge in [0.25, 0.3) is 0 Å². The van der Waals surface area contributed by atoms with E-state index in [4.69, 9.17) is 4.74 Å². The van der Waals surface area contributed by atoms with Gasteiger partial charge in [0.1, 0.15) is 6.04 Å². The smallest absolute Gasteiger partial charge is 0.238 e. The summed E-state index contributed by atoms with van der Waals surface area (Å²) in [6.07, 6.45) is 2.48. The molecule has 26 heavy (non-hydrogen) atoms. The first-order chi connectivity index (χ1) is 12.7. The van der Waals surface area contributed by atoms with Crippen LogP contribution in [0.2, 0.25) is 0 Å². The van der Waals surface area contributed by atoms with E-state index in [9.17, 15) is 9.59 Å². The van der Waals surface area contributed by atoms with E-state index in [0.29, 0.717) is 26.3 Å². The van der Waals surface area contributed by atoms with Crippen LogP contribution in [0.25, 0.3) is 0 Å². The Balaban J connectivity index is 1.61. The quantitative estimate of drug-likeness (QED) is 0.849. The Hall–Kier alpha value is -1.92. The number of hydrogen-bond donors (Lipinski definition) is 1. The number of nitrogens with zero attached hydrogens (tertiary/aromatic N) is 2. The molecule has 0 spiro atoms. The minimum absolute atomic E-state index is 0.0115. The number of carbonyl (C=O) groups is 2. The molecule has 2 aliphatic heterocycles. The van der Waals surface area contributed by atoms with E-state index < -0.39 is 0 Å². The standard InChI is InChI=1S/C20H29N3O3/c1-21-19(24)18-15-23(20(25)17-8-13-26-14-9-17)12-11-22(18)10-7-16-5-3-2-4-6-16/h2-6,17-18H,7-15H2,1H3,(H,21,24)/t18-/m0/s1. The molecule has 2 saturated heterocycles. The number of nitrogens with one attached hydrogen (secondary N) is 1. The first kappa shape index (κ1) is 18.9. The predicted octanol–water partition coefficient (Wildman–Crippen LogP) is 0.915. The van der Waals surface area contributed by atoms with Gasteiger partial charge in [0, 0.05) is 52.4 Å². The van der Waals surface area contributed by atoms with E-state index in [2.05, 4.69) is 22.3 Å². The third-order valence-electron chi connectivity index (χ3n) is 5.45. The molecule has 0 bridgehead atoms.